The fourth-order valence-electron chi connectivity index (χ4n) is 1.62. The van der Waals surface area contributed by atoms with Crippen LogP contribution in [-0.4, -0.2) is 5.11 Å². The SMILES string of the molecule is OCc1ccc(CNc2cc(F)c(F)c(F)c2)cc1. The first-order chi connectivity index (χ1) is 9.10. The number of anilines is 1. The third kappa shape index (κ3) is 3.26. The maximum atomic E-state index is 13.0. The maximum absolute atomic E-state index is 13.0. The van der Waals surface area contributed by atoms with Crippen LogP contribution in [-0.2, 0) is 13.2 Å². The van der Waals surface area contributed by atoms with Crippen molar-refractivity contribution >= 4 is 5.69 Å². The molecule has 0 heterocycles. The molecule has 0 saturated carbocycles. The Kier molecular flexibility index (Phi) is 4.06. The molecular weight excluding hydrogens is 255 g/mol. The van der Waals surface area contributed by atoms with Gasteiger partial charge in [-0.05, 0) is 11.1 Å². The molecule has 19 heavy (non-hydrogen) atoms. The van der Waals surface area contributed by atoms with Crippen LogP contribution in [0.5, 0.6) is 0 Å². The van der Waals surface area contributed by atoms with E-state index in [2.05, 4.69) is 5.32 Å². The summed E-state index contributed by atoms with van der Waals surface area (Å²) in [5, 5.41) is 11.7. The molecule has 2 aromatic carbocycles. The highest BCUT2D eigenvalue weighted by Crippen LogP contribution is 2.18. The maximum Gasteiger partial charge on any atom is 0.194 e. The van der Waals surface area contributed by atoms with E-state index in [9.17, 15) is 13.2 Å². The first-order valence-corrected chi connectivity index (χ1v) is 5.67. The van der Waals surface area contributed by atoms with Crippen molar-refractivity contribution in [2.75, 3.05) is 5.32 Å². The molecule has 0 fully saturated rings. The second-order valence-corrected chi connectivity index (χ2v) is 4.08. The monoisotopic (exact) mass is 267 g/mol. The molecule has 0 aliphatic carbocycles. The van der Waals surface area contributed by atoms with Crippen molar-refractivity contribution < 1.29 is 18.3 Å². The molecule has 5 heteroatoms. The van der Waals surface area contributed by atoms with E-state index in [1.807, 2.05) is 0 Å². The fourth-order valence-corrected chi connectivity index (χ4v) is 1.62. The molecule has 0 saturated heterocycles. The Morgan fingerprint density at radius 1 is 0.895 bits per heavy atom. The van der Waals surface area contributed by atoms with Gasteiger partial charge in [0, 0.05) is 24.4 Å². The van der Waals surface area contributed by atoms with Crippen molar-refractivity contribution in [2.24, 2.45) is 0 Å². The molecule has 0 aromatic heterocycles. The van der Waals surface area contributed by atoms with Gasteiger partial charge in [0.2, 0.25) is 0 Å². The lowest BCUT2D eigenvalue weighted by molar-refractivity contribution is 0.282. The average molecular weight is 267 g/mol. The van der Waals surface area contributed by atoms with Crippen LogP contribution >= 0.6 is 0 Å². The number of nitrogens with one attached hydrogen (secondary N) is 1. The molecule has 2 N–H and O–H groups in total. The molecule has 0 aliphatic heterocycles. The normalized spacial score (nSPS) is 10.5. The van der Waals surface area contributed by atoms with E-state index >= 15 is 0 Å². The second kappa shape index (κ2) is 5.75. The Bertz CT molecular complexity index is 546. The summed E-state index contributed by atoms with van der Waals surface area (Å²) < 4.78 is 38.7. The highest BCUT2D eigenvalue weighted by atomic mass is 19.2. The zero-order valence-electron chi connectivity index (χ0n) is 9.96. The first-order valence-electron chi connectivity index (χ1n) is 5.67. The summed E-state index contributed by atoms with van der Waals surface area (Å²) in [7, 11) is 0. The predicted molar refractivity (Wildman–Crippen MR) is 66.0 cm³/mol. The van der Waals surface area contributed by atoms with Gasteiger partial charge < -0.3 is 10.4 Å². The second-order valence-electron chi connectivity index (χ2n) is 4.08. The average Bonchev–Trinajstić information content (AvgIpc) is 2.43. The third-order valence-electron chi connectivity index (χ3n) is 2.69. The van der Waals surface area contributed by atoms with E-state index in [0.29, 0.717) is 6.54 Å². The molecule has 2 nitrogen and oxygen atoms in total. The lowest BCUT2D eigenvalue weighted by Crippen LogP contribution is -2.02. The zero-order valence-corrected chi connectivity index (χ0v) is 9.96. The number of hydrogen-bond acceptors (Lipinski definition) is 2. The molecule has 0 atom stereocenters. The van der Waals surface area contributed by atoms with Gasteiger partial charge in [0.1, 0.15) is 0 Å². The number of aliphatic hydroxyl groups is 1. The smallest absolute Gasteiger partial charge is 0.194 e. The lowest BCUT2D eigenvalue weighted by Gasteiger charge is -2.08. The van der Waals surface area contributed by atoms with Gasteiger partial charge in [-0.2, -0.15) is 0 Å². The highest BCUT2D eigenvalue weighted by molar-refractivity contribution is 5.44. The number of aliphatic hydroxyl groups excluding tert-OH is 1. The highest BCUT2D eigenvalue weighted by Gasteiger charge is 2.10. The molecule has 0 amide bonds. The van der Waals surface area contributed by atoms with Crippen molar-refractivity contribution in [1.29, 1.82) is 0 Å². The molecule has 0 aliphatic rings. The van der Waals surface area contributed by atoms with Crippen LogP contribution in [0.1, 0.15) is 11.1 Å². The van der Waals surface area contributed by atoms with E-state index in [-0.39, 0.29) is 12.3 Å². The molecule has 0 spiro atoms. The van der Waals surface area contributed by atoms with Gasteiger partial charge in [0.05, 0.1) is 6.61 Å². The number of hydrogen-bond donors (Lipinski definition) is 2. The van der Waals surface area contributed by atoms with Crippen LogP contribution in [0.25, 0.3) is 0 Å². The molecule has 0 bridgehead atoms. The molecule has 0 unspecified atom stereocenters. The van der Waals surface area contributed by atoms with Gasteiger partial charge in [0.15, 0.2) is 17.5 Å². The lowest BCUT2D eigenvalue weighted by atomic mass is 10.1. The summed E-state index contributed by atoms with van der Waals surface area (Å²) in [5.74, 6) is -3.92. The molecular formula is C14H12F3NO. The molecule has 2 rings (SSSR count). The number of rotatable bonds is 4. The van der Waals surface area contributed by atoms with Gasteiger partial charge in [-0.1, -0.05) is 24.3 Å². The van der Waals surface area contributed by atoms with Gasteiger partial charge in [-0.3, -0.25) is 0 Å². The van der Waals surface area contributed by atoms with Crippen molar-refractivity contribution in [3.8, 4) is 0 Å². The Hall–Kier alpha value is -2.01. The van der Waals surface area contributed by atoms with Gasteiger partial charge in [0.25, 0.3) is 0 Å². The standard InChI is InChI=1S/C14H12F3NO/c15-12-5-11(6-13(16)14(12)17)18-7-9-1-3-10(8-19)4-2-9/h1-6,18-19H,7-8H2. The van der Waals surface area contributed by atoms with Gasteiger partial charge in [-0.25, -0.2) is 13.2 Å². The van der Waals surface area contributed by atoms with E-state index in [1.165, 1.54) is 0 Å². The molecule has 0 radical (unpaired) electrons. The van der Waals surface area contributed by atoms with Crippen LogP contribution in [0.2, 0.25) is 0 Å². The predicted octanol–water partition coefficient (Wildman–Crippen LogP) is 3.21. The zero-order chi connectivity index (χ0) is 13.8. The summed E-state index contributed by atoms with van der Waals surface area (Å²) in [5.41, 5.74) is 1.83. The molecule has 100 valence electrons. The topological polar surface area (TPSA) is 32.3 Å². The van der Waals surface area contributed by atoms with Crippen LogP contribution < -0.4 is 5.32 Å². The van der Waals surface area contributed by atoms with Crippen LogP contribution in [0.15, 0.2) is 36.4 Å². The Morgan fingerprint density at radius 2 is 1.42 bits per heavy atom. The Labute approximate surface area is 108 Å². The van der Waals surface area contributed by atoms with Crippen molar-refractivity contribution in [3.63, 3.8) is 0 Å². The van der Waals surface area contributed by atoms with Crippen molar-refractivity contribution in [2.45, 2.75) is 13.2 Å². The quantitative estimate of drug-likeness (QED) is 0.834. The Balaban J connectivity index is 2.05. The molecule has 2 aromatic rings. The summed E-state index contributed by atoms with van der Waals surface area (Å²) in [6, 6.07) is 8.89. The minimum Gasteiger partial charge on any atom is -0.392 e. The third-order valence-corrected chi connectivity index (χ3v) is 2.69. The van der Waals surface area contributed by atoms with Crippen molar-refractivity contribution in [1.82, 2.24) is 0 Å². The summed E-state index contributed by atoms with van der Waals surface area (Å²) in [6.45, 7) is 0.304. The van der Waals surface area contributed by atoms with E-state index in [1.54, 1.807) is 24.3 Å². The van der Waals surface area contributed by atoms with Crippen molar-refractivity contribution in [3.05, 3.63) is 65.0 Å². The fraction of sp³-hybridized carbons (Fsp3) is 0.143. The number of benzene rings is 2. The summed E-state index contributed by atoms with van der Waals surface area (Å²) >= 11 is 0. The van der Waals surface area contributed by atoms with Crippen LogP contribution in [0.3, 0.4) is 0 Å². The minimum absolute atomic E-state index is 0.0396. The number of halogens is 3. The Morgan fingerprint density at radius 3 is 1.95 bits per heavy atom. The largest absolute Gasteiger partial charge is 0.392 e. The van der Waals surface area contributed by atoms with E-state index in [4.69, 9.17) is 5.11 Å². The summed E-state index contributed by atoms with van der Waals surface area (Å²) in [4.78, 5) is 0. The van der Waals surface area contributed by atoms with Gasteiger partial charge >= 0.3 is 0 Å². The van der Waals surface area contributed by atoms with Crippen LogP contribution in [0.4, 0.5) is 18.9 Å². The minimum atomic E-state index is -1.47. The van der Waals surface area contributed by atoms with E-state index in [0.717, 1.165) is 23.3 Å². The summed E-state index contributed by atoms with van der Waals surface area (Å²) in [6.07, 6.45) is 0. The van der Waals surface area contributed by atoms with Gasteiger partial charge in [-0.15, -0.1) is 0 Å². The van der Waals surface area contributed by atoms with E-state index < -0.39 is 17.5 Å². The first kappa shape index (κ1) is 13.4. The van der Waals surface area contributed by atoms with Crippen LogP contribution in [0, 0.1) is 17.5 Å².